The molecule has 0 radical (unpaired) electrons. The number of rotatable bonds is 2. The second-order valence-electron chi connectivity index (χ2n) is 6.62. The zero-order chi connectivity index (χ0) is 15.9. The molecular formula is C17H20N6S. The van der Waals surface area contributed by atoms with Crippen molar-refractivity contribution in [2.75, 3.05) is 11.4 Å². The first-order valence-electron chi connectivity index (χ1n) is 8.78. The second kappa shape index (κ2) is 5.81. The van der Waals surface area contributed by atoms with Crippen LogP contribution in [0.15, 0.2) is 17.8 Å². The number of anilines is 1. The Hall–Kier alpha value is -2.02. The van der Waals surface area contributed by atoms with Crippen molar-refractivity contribution in [1.29, 1.82) is 0 Å². The fourth-order valence-electron chi connectivity index (χ4n) is 4.04. The van der Waals surface area contributed by atoms with Crippen LogP contribution in [0.4, 0.5) is 5.82 Å². The lowest BCUT2D eigenvalue weighted by atomic mass is 10.0. The Kier molecular flexibility index (Phi) is 3.47. The minimum Gasteiger partial charge on any atom is -0.346 e. The predicted molar refractivity (Wildman–Crippen MR) is 94.3 cm³/mol. The summed E-state index contributed by atoms with van der Waals surface area (Å²) in [5, 5.41) is 12.3. The van der Waals surface area contributed by atoms with Crippen LogP contribution < -0.4 is 4.90 Å². The number of aromatic nitrogens is 5. The fourth-order valence-corrected chi connectivity index (χ4v) is 4.76. The first kappa shape index (κ1) is 14.3. The van der Waals surface area contributed by atoms with E-state index < -0.39 is 0 Å². The van der Waals surface area contributed by atoms with Gasteiger partial charge in [0.1, 0.15) is 22.8 Å². The smallest absolute Gasteiger partial charge is 0.155 e. The number of fused-ring (bicyclic) bond motifs is 2. The summed E-state index contributed by atoms with van der Waals surface area (Å²) >= 11 is 1.68. The van der Waals surface area contributed by atoms with Crippen molar-refractivity contribution in [3.8, 4) is 0 Å². The molecule has 0 bridgehead atoms. The molecule has 0 N–H and O–H groups in total. The second-order valence-corrected chi connectivity index (χ2v) is 7.52. The van der Waals surface area contributed by atoms with Crippen LogP contribution >= 0.6 is 11.3 Å². The van der Waals surface area contributed by atoms with Gasteiger partial charge < -0.3 is 9.47 Å². The van der Waals surface area contributed by atoms with E-state index in [1.165, 1.54) is 25.7 Å². The Morgan fingerprint density at radius 1 is 1.04 bits per heavy atom. The summed E-state index contributed by atoms with van der Waals surface area (Å²) in [7, 11) is 0. The molecule has 2 aliphatic heterocycles. The summed E-state index contributed by atoms with van der Waals surface area (Å²) in [5.41, 5.74) is 0. The average molecular weight is 340 g/mol. The SMILES string of the molecule is c1nc(N2CCCCC2c2nnc3n2CCCC3)c2ccsc2n1. The number of hydrogen-bond donors (Lipinski definition) is 0. The van der Waals surface area contributed by atoms with Crippen LogP contribution in [0.2, 0.25) is 0 Å². The van der Waals surface area contributed by atoms with E-state index in [1.54, 1.807) is 17.7 Å². The minimum absolute atomic E-state index is 0.274. The maximum atomic E-state index is 4.64. The van der Waals surface area contributed by atoms with Crippen LogP contribution in [0, 0.1) is 0 Å². The van der Waals surface area contributed by atoms with Gasteiger partial charge in [-0.05, 0) is 43.6 Å². The molecule has 5 heterocycles. The van der Waals surface area contributed by atoms with E-state index >= 15 is 0 Å². The highest BCUT2D eigenvalue weighted by molar-refractivity contribution is 7.16. The molecule has 2 aliphatic rings. The molecule has 1 unspecified atom stereocenters. The van der Waals surface area contributed by atoms with Gasteiger partial charge in [0.2, 0.25) is 0 Å². The molecule has 5 rings (SSSR count). The highest BCUT2D eigenvalue weighted by atomic mass is 32.1. The van der Waals surface area contributed by atoms with E-state index in [1.807, 2.05) is 0 Å². The van der Waals surface area contributed by atoms with Crippen LogP contribution in [0.5, 0.6) is 0 Å². The quantitative estimate of drug-likeness (QED) is 0.716. The summed E-state index contributed by atoms with van der Waals surface area (Å²) < 4.78 is 2.36. The summed E-state index contributed by atoms with van der Waals surface area (Å²) in [5.74, 6) is 3.34. The van der Waals surface area contributed by atoms with Crippen molar-refractivity contribution < 1.29 is 0 Å². The van der Waals surface area contributed by atoms with Crippen molar-refractivity contribution in [3.05, 3.63) is 29.4 Å². The minimum atomic E-state index is 0.274. The van der Waals surface area contributed by atoms with E-state index in [2.05, 4.69) is 41.1 Å². The summed E-state index contributed by atoms with van der Waals surface area (Å²) in [6.07, 6.45) is 8.77. The van der Waals surface area contributed by atoms with Gasteiger partial charge in [0, 0.05) is 19.5 Å². The van der Waals surface area contributed by atoms with Gasteiger partial charge in [0.05, 0.1) is 11.4 Å². The van der Waals surface area contributed by atoms with Gasteiger partial charge in [-0.3, -0.25) is 0 Å². The van der Waals surface area contributed by atoms with E-state index in [0.29, 0.717) is 0 Å². The first-order valence-corrected chi connectivity index (χ1v) is 9.66. The summed E-state index contributed by atoms with van der Waals surface area (Å²) in [6.45, 7) is 2.08. The van der Waals surface area contributed by atoms with Gasteiger partial charge >= 0.3 is 0 Å². The first-order chi connectivity index (χ1) is 11.9. The molecule has 124 valence electrons. The zero-order valence-electron chi connectivity index (χ0n) is 13.6. The molecule has 3 aromatic rings. The Morgan fingerprint density at radius 3 is 3.00 bits per heavy atom. The van der Waals surface area contributed by atoms with Gasteiger partial charge in [-0.25, -0.2) is 9.97 Å². The Labute approximate surface area is 144 Å². The van der Waals surface area contributed by atoms with Crippen LogP contribution in [0.1, 0.15) is 49.8 Å². The summed E-state index contributed by atoms with van der Waals surface area (Å²) in [6, 6.07) is 2.41. The van der Waals surface area contributed by atoms with Crippen molar-refractivity contribution in [2.45, 2.75) is 51.1 Å². The highest BCUT2D eigenvalue weighted by Crippen LogP contribution is 2.37. The topological polar surface area (TPSA) is 59.7 Å². The monoisotopic (exact) mass is 340 g/mol. The fraction of sp³-hybridized carbons (Fsp3) is 0.529. The van der Waals surface area contributed by atoms with E-state index in [4.69, 9.17) is 0 Å². The maximum Gasteiger partial charge on any atom is 0.155 e. The van der Waals surface area contributed by atoms with Crippen molar-refractivity contribution in [2.24, 2.45) is 0 Å². The van der Waals surface area contributed by atoms with Crippen LogP contribution in [-0.4, -0.2) is 31.3 Å². The van der Waals surface area contributed by atoms with Crippen molar-refractivity contribution in [1.82, 2.24) is 24.7 Å². The third-order valence-corrected chi connectivity index (χ3v) is 6.02. The molecule has 0 aliphatic carbocycles. The van der Waals surface area contributed by atoms with E-state index in [9.17, 15) is 0 Å². The van der Waals surface area contributed by atoms with Crippen LogP contribution in [0.25, 0.3) is 10.2 Å². The van der Waals surface area contributed by atoms with Gasteiger partial charge in [0.15, 0.2) is 5.82 Å². The number of thiophene rings is 1. The normalized spacial score (nSPS) is 21.2. The molecule has 0 spiro atoms. The Morgan fingerprint density at radius 2 is 2.00 bits per heavy atom. The molecule has 1 fully saturated rings. The van der Waals surface area contributed by atoms with Crippen molar-refractivity contribution in [3.63, 3.8) is 0 Å². The Bertz CT molecular complexity index is 869. The number of aryl methyl sites for hydroxylation is 1. The molecule has 1 atom stereocenters. The number of hydrogen-bond acceptors (Lipinski definition) is 6. The molecule has 0 saturated carbocycles. The lowest BCUT2D eigenvalue weighted by Gasteiger charge is -2.36. The molecule has 1 saturated heterocycles. The van der Waals surface area contributed by atoms with Gasteiger partial charge in [-0.1, -0.05) is 0 Å². The molecule has 0 aromatic carbocycles. The lowest BCUT2D eigenvalue weighted by molar-refractivity contribution is 0.421. The zero-order valence-corrected chi connectivity index (χ0v) is 14.4. The van der Waals surface area contributed by atoms with Crippen LogP contribution in [-0.2, 0) is 13.0 Å². The van der Waals surface area contributed by atoms with E-state index in [0.717, 1.165) is 53.6 Å². The summed E-state index contributed by atoms with van der Waals surface area (Å²) in [4.78, 5) is 12.5. The van der Waals surface area contributed by atoms with Crippen molar-refractivity contribution >= 4 is 27.4 Å². The Balaban J connectivity index is 1.59. The molecule has 0 amide bonds. The molecule has 7 heteroatoms. The number of nitrogens with zero attached hydrogens (tertiary/aromatic N) is 6. The standard InChI is InChI=1S/C17H20N6S/c1-3-8-22(15-12-7-10-24-17(12)19-11-18-15)13(5-1)16-21-20-14-6-2-4-9-23(14)16/h7,10-11,13H,1-6,8-9H2. The largest absolute Gasteiger partial charge is 0.346 e. The third-order valence-electron chi connectivity index (χ3n) is 5.20. The van der Waals surface area contributed by atoms with Crippen LogP contribution in [0.3, 0.4) is 0 Å². The molecule has 6 nitrogen and oxygen atoms in total. The molecular weight excluding hydrogens is 320 g/mol. The highest BCUT2D eigenvalue weighted by Gasteiger charge is 2.31. The van der Waals surface area contributed by atoms with Gasteiger partial charge in [0.25, 0.3) is 0 Å². The average Bonchev–Trinajstić information content (AvgIpc) is 3.28. The van der Waals surface area contributed by atoms with Gasteiger partial charge in [-0.15, -0.1) is 21.5 Å². The third kappa shape index (κ3) is 2.22. The lowest BCUT2D eigenvalue weighted by Crippen LogP contribution is -2.36. The van der Waals surface area contributed by atoms with Gasteiger partial charge in [-0.2, -0.15) is 0 Å². The predicted octanol–water partition coefficient (Wildman–Crippen LogP) is 3.35. The molecule has 24 heavy (non-hydrogen) atoms. The van der Waals surface area contributed by atoms with E-state index in [-0.39, 0.29) is 6.04 Å². The number of piperidine rings is 1. The molecule has 3 aromatic heterocycles. The maximum absolute atomic E-state index is 4.64.